The molecule has 0 aliphatic heterocycles. The zero-order valence-electron chi connectivity index (χ0n) is 13.6. The number of aryl methyl sites for hydroxylation is 2. The van der Waals surface area contributed by atoms with Gasteiger partial charge in [-0.2, -0.15) is 0 Å². The Labute approximate surface area is 152 Å². The van der Waals surface area contributed by atoms with Crippen molar-refractivity contribution in [1.29, 1.82) is 0 Å². The average molecular weight is 381 g/mol. The zero-order chi connectivity index (χ0) is 17.6. The fourth-order valence-corrected chi connectivity index (χ4v) is 5.24. The summed E-state index contributed by atoms with van der Waals surface area (Å²) >= 11 is 2.57. The van der Waals surface area contributed by atoms with E-state index in [4.69, 9.17) is 0 Å². The highest BCUT2D eigenvalue weighted by Crippen LogP contribution is 2.53. The van der Waals surface area contributed by atoms with Crippen molar-refractivity contribution in [3.05, 3.63) is 45.0 Å². The number of pyridine rings is 1. The van der Waals surface area contributed by atoms with E-state index in [0.717, 1.165) is 53.4 Å². The number of alkyl halides is 2. The van der Waals surface area contributed by atoms with Crippen molar-refractivity contribution in [3.8, 4) is 0 Å². The molecule has 2 aliphatic rings. The van der Waals surface area contributed by atoms with E-state index in [1.165, 1.54) is 11.8 Å². The largest absolute Gasteiger partial charge is 0.301 e. The van der Waals surface area contributed by atoms with Crippen LogP contribution in [0.15, 0.2) is 27.2 Å². The van der Waals surface area contributed by atoms with Crippen LogP contribution in [0.1, 0.15) is 35.2 Å². The Morgan fingerprint density at radius 3 is 2.96 bits per heavy atom. The number of hydrogen-bond donors (Lipinski definition) is 1. The number of halogens is 2. The van der Waals surface area contributed by atoms with Crippen LogP contribution in [0.3, 0.4) is 0 Å². The first-order chi connectivity index (χ1) is 11.9. The summed E-state index contributed by atoms with van der Waals surface area (Å²) in [5, 5.41) is 0.559. The molecule has 25 heavy (non-hydrogen) atoms. The Bertz CT molecular complexity index is 885. The summed E-state index contributed by atoms with van der Waals surface area (Å²) in [6, 6.07) is 1.88. The van der Waals surface area contributed by atoms with Crippen molar-refractivity contribution in [2.75, 3.05) is 0 Å². The maximum absolute atomic E-state index is 13.2. The molecule has 1 atom stereocenters. The Kier molecular flexibility index (Phi) is 4.35. The summed E-state index contributed by atoms with van der Waals surface area (Å²) in [6.07, 6.45) is 4.18. The number of nitrogens with zero attached hydrogens (tertiary/aromatic N) is 2. The Balaban J connectivity index is 1.53. The first-order valence-electron chi connectivity index (χ1n) is 8.18. The molecule has 0 amide bonds. The van der Waals surface area contributed by atoms with E-state index in [1.54, 1.807) is 6.20 Å². The lowest BCUT2D eigenvalue weighted by Crippen LogP contribution is -2.15. The highest BCUT2D eigenvalue weighted by Gasteiger charge is 2.57. The standard InChI is InChI=1S/C17H17F2N3OS2/c1-9-5-6-20-15(25-13-7-17(13,18)19)11(9)8-24-16-21-12-4-2-3-10(12)14(23)22-16/h5-6,13H,2-4,7-8H2,1H3,(H,21,22,23). The molecule has 0 saturated heterocycles. The van der Waals surface area contributed by atoms with Gasteiger partial charge in [0.15, 0.2) is 5.16 Å². The van der Waals surface area contributed by atoms with Gasteiger partial charge >= 0.3 is 0 Å². The van der Waals surface area contributed by atoms with E-state index in [0.29, 0.717) is 15.9 Å². The van der Waals surface area contributed by atoms with Gasteiger partial charge in [0.25, 0.3) is 11.5 Å². The lowest BCUT2D eigenvalue weighted by atomic mass is 10.2. The smallest absolute Gasteiger partial charge is 0.261 e. The van der Waals surface area contributed by atoms with Gasteiger partial charge in [-0.3, -0.25) is 4.79 Å². The zero-order valence-corrected chi connectivity index (χ0v) is 15.3. The van der Waals surface area contributed by atoms with Gasteiger partial charge in [0.05, 0.1) is 10.9 Å². The number of nitrogens with one attached hydrogen (secondary N) is 1. The first kappa shape index (κ1) is 17.0. The van der Waals surface area contributed by atoms with Gasteiger partial charge in [-0.15, -0.1) is 0 Å². The second kappa shape index (κ2) is 6.39. The van der Waals surface area contributed by atoms with Gasteiger partial charge < -0.3 is 4.98 Å². The highest BCUT2D eigenvalue weighted by molar-refractivity contribution is 8.00. The lowest BCUT2D eigenvalue weighted by Gasteiger charge is -2.11. The van der Waals surface area contributed by atoms with Crippen molar-refractivity contribution in [2.45, 2.75) is 59.7 Å². The summed E-state index contributed by atoms with van der Waals surface area (Å²) in [7, 11) is 0. The summed E-state index contributed by atoms with van der Waals surface area (Å²) in [4.78, 5) is 23.8. The monoisotopic (exact) mass is 381 g/mol. The molecule has 2 heterocycles. The van der Waals surface area contributed by atoms with Gasteiger partial charge in [0.2, 0.25) is 0 Å². The predicted molar refractivity (Wildman–Crippen MR) is 94.6 cm³/mol. The first-order valence-corrected chi connectivity index (χ1v) is 10.0. The van der Waals surface area contributed by atoms with Gasteiger partial charge in [-0.05, 0) is 43.4 Å². The van der Waals surface area contributed by atoms with Crippen LogP contribution in [0.4, 0.5) is 8.78 Å². The number of hydrogen-bond acceptors (Lipinski definition) is 5. The minimum Gasteiger partial charge on any atom is -0.301 e. The predicted octanol–water partition coefficient (Wildman–Crippen LogP) is 3.75. The van der Waals surface area contributed by atoms with E-state index in [2.05, 4.69) is 15.0 Å². The molecule has 1 N–H and O–H groups in total. The van der Waals surface area contributed by atoms with Gasteiger partial charge in [0, 0.05) is 23.9 Å². The van der Waals surface area contributed by atoms with Crippen molar-refractivity contribution in [2.24, 2.45) is 0 Å². The summed E-state index contributed by atoms with van der Waals surface area (Å²) in [5.74, 6) is -2.03. The molecule has 2 aromatic heterocycles. The van der Waals surface area contributed by atoms with E-state index >= 15 is 0 Å². The number of H-pyrrole nitrogens is 1. The molecule has 1 fully saturated rings. The number of aromatic amines is 1. The van der Waals surface area contributed by atoms with Gasteiger partial charge in [0.1, 0.15) is 5.03 Å². The van der Waals surface area contributed by atoms with Crippen LogP contribution in [0.5, 0.6) is 0 Å². The van der Waals surface area contributed by atoms with Gasteiger partial charge in [-0.1, -0.05) is 23.5 Å². The molecule has 0 bridgehead atoms. The van der Waals surface area contributed by atoms with Crippen LogP contribution in [0.25, 0.3) is 0 Å². The Hall–Kier alpha value is -1.41. The lowest BCUT2D eigenvalue weighted by molar-refractivity contribution is 0.122. The minimum absolute atomic E-state index is 0.0554. The molecule has 1 saturated carbocycles. The van der Waals surface area contributed by atoms with E-state index in [-0.39, 0.29) is 12.0 Å². The third-order valence-corrected chi connectivity index (χ3v) is 6.82. The highest BCUT2D eigenvalue weighted by atomic mass is 32.2. The van der Waals surface area contributed by atoms with Gasteiger partial charge in [-0.25, -0.2) is 18.7 Å². The van der Waals surface area contributed by atoms with Crippen LogP contribution in [-0.2, 0) is 18.6 Å². The fourth-order valence-electron chi connectivity index (χ4n) is 2.92. The molecule has 132 valence electrons. The summed E-state index contributed by atoms with van der Waals surface area (Å²) in [5.41, 5.74) is 3.58. The number of thioether (sulfide) groups is 2. The maximum Gasteiger partial charge on any atom is 0.261 e. The third-order valence-electron chi connectivity index (χ3n) is 4.55. The average Bonchev–Trinajstić information content (AvgIpc) is 2.96. The van der Waals surface area contributed by atoms with Crippen molar-refractivity contribution >= 4 is 23.5 Å². The number of rotatable bonds is 5. The Morgan fingerprint density at radius 1 is 1.40 bits per heavy atom. The van der Waals surface area contributed by atoms with Crippen molar-refractivity contribution in [1.82, 2.24) is 15.0 Å². The van der Waals surface area contributed by atoms with E-state index < -0.39 is 11.2 Å². The van der Waals surface area contributed by atoms with Crippen molar-refractivity contribution in [3.63, 3.8) is 0 Å². The van der Waals surface area contributed by atoms with Crippen LogP contribution in [0.2, 0.25) is 0 Å². The van der Waals surface area contributed by atoms with Crippen LogP contribution in [0, 0.1) is 6.92 Å². The quantitative estimate of drug-likeness (QED) is 0.631. The topological polar surface area (TPSA) is 58.6 Å². The summed E-state index contributed by atoms with van der Waals surface area (Å²) in [6.45, 7) is 1.95. The molecule has 4 nitrogen and oxygen atoms in total. The second-order valence-electron chi connectivity index (χ2n) is 6.42. The molecule has 2 aliphatic carbocycles. The number of fused-ring (bicyclic) bond motifs is 1. The molecule has 8 heteroatoms. The van der Waals surface area contributed by atoms with Crippen LogP contribution in [-0.4, -0.2) is 26.1 Å². The second-order valence-corrected chi connectivity index (χ2v) is 8.58. The molecule has 0 aromatic carbocycles. The third kappa shape index (κ3) is 3.46. The van der Waals surface area contributed by atoms with Crippen LogP contribution < -0.4 is 5.56 Å². The van der Waals surface area contributed by atoms with Crippen molar-refractivity contribution < 1.29 is 8.78 Å². The molecule has 0 radical (unpaired) electrons. The van der Waals surface area contributed by atoms with E-state index in [9.17, 15) is 13.6 Å². The molecule has 2 aromatic rings. The molecule has 1 unspecified atom stereocenters. The fraction of sp³-hybridized carbons (Fsp3) is 0.471. The SMILES string of the molecule is Cc1ccnc(SC2CC2(F)F)c1CSc1nc2c(c(=O)[nH]1)CCC2. The minimum atomic E-state index is -2.58. The molecular formula is C17H17F2N3OS2. The molecule has 0 spiro atoms. The Morgan fingerprint density at radius 2 is 2.20 bits per heavy atom. The maximum atomic E-state index is 13.2. The molecular weight excluding hydrogens is 364 g/mol. The van der Waals surface area contributed by atoms with Crippen LogP contribution >= 0.6 is 23.5 Å². The normalized spacial score (nSPS) is 20.5. The summed E-state index contributed by atoms with van der Waals surface area (Å²) < 4.78 is 26.5. The number of aromatic nitrogens is 3. The van der Waals surface area contributed by atoms with E-state index in [1.807, 2.05) is 13.0 Å². The molecule has 4 rings (SSSR count).